The number of aromatic nitrogens is 1. The zero-order valence-corrected chi connectivity index (χ0v) is 11.8. The van der Waals surface area contributed by atoms with E-state index in [2.05, 4.69) is 15.6 Å². The van der Waals surface area contributed by atoms with Crippen LogP contribution in [-0.2, 0) is 6.42 Å². The Morgan fingerprint density at radius 1 is 1.38 bits per heavy atom. The van der Waals surface area contributed by atoms with Crippen molar-refractivity contribution < 1.29 is 14.0 Å². The second kappa shape index (κ2) is 5.61. The SMILES string of the molecule is O=C(Nc1nc2c(s1)C(=O)NCCC2)c1ccccc1F. The third kappa shape index (κ3) is 2.78. The lowest BCUT2D eigenvalue weighted by molar-refractivity contribution is 0.0958. The molecular formula is C14H12FN3O2S. The molecule has 7 heteroatoms. The molecule has 21 heavy (non-hydrogen) atoms. The lowest BCUT2D eigenvalue weighted by Gasteiger charge is -2.02. The van der Waals surface area contributed by atoms with E-state index in [9.17, 15) is 14.0 Å². The van der Waals surface area contributed by atoms with E-state index in [1.165, 1.54) is 18.2 Å². The highest BCUT2D eigenvalue weighted by molar-refractivity contribution is 7.17. The second-order valence-corrected chi connectivity index (χ2v) is 5.59. The van der Waals surface area contributed by atoms with Crippen molar-refractivity contribution in [1.29, 1.82) is 0 Å². The predicted octanol–water partition coefficient (Wildman–Crippen LogP) is 2.21. The van der Waals surface area contributed by atoms with Gasteiger partial charge in [-0.3, -0.25) is 14.9 Å². The fourth-order valence-corrected chi connectivity index (χ4v) is 3.02. The number of carbonyl (C=O) groups excluding carboxylic acids is 2. The topological polar surface area (TPSA) is 71.1 Å². The Morgan fingerprint density at radius 3 is 3.00 bits per heavy atom. The number of nitrogens with zero attached hydrogens (tertiary/aromatic N) is 1. The van der Waals surface area contributed by atoms with Crippen molar-refractivity contribution in [2.24, 2.45) is 0 Å². The van der Waals surface area contributed by atoms with Gasteiger partial charge in [-0.2, -0.15) is 0 Å². The van der Waals surface area contributed by atoms with Crippen LogP contribution in [0.5, 0.6) is 0 Å². The van der Waals surface area contributed by atoms with E-state index in [0.29, 0.717) is 28.7 Å². The molecule has 0 fully saturated rings. The first-order valence-corrected chi connectivity index (χ1v) is 7.30. The molecule has 2 heterocycles. The molecule has 1 aliphatic heterocycles. The van der Waals surface area contributed by atoms with Gasteiger partial charge in [-0.25, -0.2) is 9.37 Å². The highest BCUT2D eigenvalue weighted by atomic mass is 32.1. The van der Waals surface area contributed by atoms with Gasteiger partial charge in [-0.1, -0.05) is 23.5 Å². The standard InChI is InChI=1S/C14H12FN3O2S/c15-9-5-2-1-4-8(9)12(19)18-14-17-10-6-3-7-16-13(20)11(10)21-14/h1-2,4-5H,3,6-7H2,(H,16,20)(H,17,18,19). The first kappa shape index (κ1) is 13.7. The molecule has 3 rings (SSSR count). The number of hydrogen-bond acceptors (Lipinski definition) is 4. The van der Waals surface area contributed by atoms with E-state index in [1.807, 2.05) is 0 Å². The van der Waals surface area contributed by atoms with Crippen LogP contribution in [-0.4, -0.2) is 23.3 Å². The fourth-order valence-electron chi connectivity index (χ4n) is 2.10. The van der Waals surface area contributed by atoms with E-state index in [4.69, 9.17) is 0 Å². The van der Waals surface area contributed by atoms with Crippen molar-refractivity contribution >= 4 is 28.3 Å². The quantitative estimate of drug-likeness (QED) is 0.893. The van der Waals surface area contributed by atoms with Crippen molar-refractivity contribution in [2.45, 2.75) is 12.8 Å². The van der Waals surface area contributed by atoms with Gasteiger partial charge in [-0.15, -0.1) is 0 Å². The van der Waals surface area contributed by atoms with Crippen LogP contribution in [0.25, 0.3) is 0 Å². The normalized spacial score (nSPS) is 14.0. The number of halogens is 1. The zero-order chi connectivity index (χ0) is 14.8. The van der Waals surface area contributed by atoms with Gasteiger partial charge in [0.05, 0.1) is 11.3 Å². The largest absolute Gasteiger partial charge is 0.351 e. The van der Waals surface area contributed by atoms with Crippen molar-refractivity contribution in [2.75, 3.05) is 11.9 Å². The molecule has 1 aliphatic rings. The summed E-state index contributed by atoms with van der Waals surface area (Å²) >= 11 is 1.11. The van der Waals surface area contributed by atoms with Crippen LogP contribution >= 0.6 is 11.3 Å². The van der Waals surface area contributed by atoms with E-state index in [0.717, 1.165) is 17.8 Å². The van der Waals surface area contributed by atoms with Gasteiger partial charge in [0.15, 0.2) is 5.13 Å². The van der Waals surface area contributed by atoms with Gasteiger partial charge >= 0.3 is 0 Å². The summed E-state index contributed by atoms with van der Waals surface area (Å²) in [6, 6.07) is 5.72. The average Bonchev–Trinajstić information content (AvgIpc) is 2.79. The van der Waals surface area contributed by atoms with Crippen LogP contribution in [0, 0.1) is 5.82 Å². The summed E-state index contributed by atoms with van der Waals surface area (Å²) in [6.45, 7) is 0.624. The molecule has 0 saturated heterocycles. The van der Waals surface area contributed by atoms with Crippen molar-refractivity contribution in [3.63, 3.8) is 0 Å². The molecule has 0 radical (unpaired) electrons. The van der Waals surface area contributed by atoms with Crippen molar-refractivity contribution in [3.05, 3.63) is 46.2 Å². The van der Waals surface area contributed by atoms with Crippen LogP contribution in [0.4, 0.5) is 9.52 Å². The maximum Gasteiger partial charge on any atom is 0.263 e. The smallest absolute Gasteiger partial charge is 0.263 e. The first-order chi connectivity index (χ1) is 10.1. The van der Waals surface area contributed by atoms with E-state index in [-0.39, 0.29) is 11.5 Å². The molecule has 0 saturated carbocycles. The monoisotopic (exact) mass is 305 g/mol. The number of nitrogens with one attached hydrogen (secondary N) is 2. The molecular weight excluding hydrogens is 293 g/mol. The predicted molar refractivity (Wildman–Crippen MR) is 77.1 cm³/mol. The molecule has 2 aromatic rings. The molecule has 0 unspecified atom stereocenters. The lowest BCUT2D eigenvalue weighted by Crippen LogP contribution is -2.21. The summed E-state index contributed by atoms with van der Waals surface area (Å²) in [5.41, 5.74) is 0.631. The van der Waals surface area contributed by atoms with E-state index >= 15 is 0 Å². The maximum absolute atomic E-state index is 13.5. The molecule has 108 valence electrons. The molecule has 0 atom stereocenters. The highest BCUT2D eigenvalue weighted by Gasteiger charge is 2.22. The molecule has 2 N–H and O–H groups in total. The average molecular weight is 305 g/mol. The number of fused-ring (bicyclic) bond motifs is 1. The number of thiazole rings is 1. The van der Waals surface area contributed by atoms with E-state index < -0.39 is 11.7 Å². The molecule has 5 nitrogen and oxygen atoms in total. The highest BCUT2D eigenvalue weighted by Crippen LogP contribution is 2.26. The number of anilines is 1. The van der Waals surface area contributed by atoms with Crippen molar-refractivity contribution in [1.82, 2.24) is 10.3 Å². The Labute approximate surface area is 124 Å². The minimum Gasteiger partial charge on any atom is -0.351 e. The third-order valence-corrected chi connectivity index (χ3v) is 4.13. The summed E-state index contributed by atoms with van der Waals surface area (Å²) in [7, 11) is 0. The van der Waals surface area contributed by atoms with Crippen LogP contribution in [0.15, 0.2) is 24.3 Å². The number of amides is 2. The van der Waals surface area contributed by atoms with E-state index in [1.54, 1.807) is 6.07 Å². The van der Waals surface area contributed by atoms with Crippen LogP contribution in [0.3, 0.4) is 0 Å². The summed E-state index contributed by atoms with van der Waals surface area (Å²) in [5, 5.41) is 5.62. The molecule has 0 aliphatic carbocycles. The third-order valence-electron chi connectivity index (χ3n) is 3.12. The van der Waals surface area contributed by atoms with Crippen molar-refractivity contribution in [3.8, 4) is 0 Å². The number of benzene rings is 1. The van der Waals surface area contributed by atoms with Crippen LogP contribution < -0.4 is 10.6 Å². The van der Waals surface area contributed by atoms with Gasteiger partial charge < -0.3 is 5.32 Å². The number of aryl methyl sites for hydroxylation is 1. The summed E-state index contributed by atoms with van der Waals surface area (Å²) in [5.74, 6) is -1.34. The molecule has 0 spiro atoms. The van der Waals surface area contributed by atoms with Gasteiger partial charge in [0.25, 0.3) is 11.8 Å². The Kier molecular flexibility index (Phi) is 3.66. The summed E-state index contributed by atoms with van der Waals surface area (Å²) in [4.78, 5) is 28.6. The van der Waals surface area contributed by atoms with Gasteiger partial charge in [0.2, 0.25) is 0 Å². The van der Waals surface area contributed by atoms with Crippen LogP contribution in [0.1, 0.15) is 32.1 Å². The zero-order valence-electron chi connectivity index (χ0n) is 11.0. The minimum atomic E-state index is -0.592. The number of hydrogen-bond donors (Lipinski definition) is 2. The molecule has 0 bridgehead atoms. The summed E-state index contributed by atoms with van der Waals surface area (Å²) in [6.07, 6.45) is 1.49. The number of rotatable bonds is 2. The second-order valence-electron chi connectivity index (χ2n) is 4.59. The fraction of sp³-hybridized carbons (Fsp3) is 0.214. The Bertz CT molecular complexity index is 714. The Balaban J connectivity index is 1.83. The van der Waals surface area contributed by atoms with Crippen LogP contribution in [0.2, 0.25) is 0 Å². The van der Waals surface area contributed by atoms with Gasteiger partial charge in [0, 0.05) is 6.54 Å². The molecule has 1 aromatic carbocycles. The maximum atomic E-state index is 13.5. The molecule has 2 amide bonds. The Hall–Kier alpha value is -2.28. The Morgan fingerprint density at radius 2 is 2.19 bits per heavy atom. The minimum absolute atomic E-state index is 0.0488. The first-order valence-electron chi connectivity index (χ1n) is 6.49. The number of carbonyl (C=O) groups is 2. The van der Waals surface area contributed by atoms with Gasteiger partial charge in [-0.05, 0) is 25.0 Å². The molecule has 1 aromatic heterocycles. The lowest BCUT2D eigenvalue weighted by atomic mass is 10.2. The van der Waals surface area contributed by atoms with Gasteiger partial charge in [0.1, 0.15) is 10.7 Å². The summed E-state index contributed by atoms with van der Waals surface area (Å²) < 4.78 is 13.5.